The van der Waals surface area contributed by atoms with Gasteiger partial charge in [-0.25, -0.2) is 0 Å². The van der Waals surface area contributed by atoms with E-state index in [0.29, 0.717) is 6.10 Å². The summed E-state index contributed by atoms with van der Waals surface area (Å²) in [6.45, 7) is 2.58. The van der Waals surface area contributed by atoms with Crippen LogP contribution in [0.2, 0.25) is 0 Å². The molecule has 0 spiro atoms. The van der Waals surface area contributed by atoms with Crippen molar-refractivity contribution in [2.75, 3.05) is 27.4 Å². The Morgan fingerprint density at radius 2 is 2.22 bits per heavy atom. The van der Waals surface area contributed by atoms with Gasteiger partial charge in [-0.2, -0.15) is 0 Å². The third-order valence-electron chi connectivity index (χ3n) is 3.21. The second kappa shape index (κ2) is 6.61. The summed E-state index contributed by atoms with van der Waals surface area (Å²) in [6.07, 6.45) is 2.71. The second-order valence-electron chi connectivity index (χ2n) is 4.44. The molecule has 4 nitrogen and oxygen atoms in total. The number of ether oxygens (including phenoxy) is 3. The maximum Gasteiger partial charge on any atom is 0.127 e. The molecule has 0 aromatic heterocycles. The lowest BCUT2D eigenvalue weighted by molar-refractivity contribution is 0.110. The molecule has 0 radical (unpaired) electrons. The van der Waals surface area contributed by atoms with Crippen LogP contribution in [-0.2, 0) is 11.3 Å². The van der Waals surface area contributed by atoms with E-state index in [1.165, 1.54) is 6.42 Å². The molecule has 100 valence electrons. The molecule has 4 heteroatoms. The average molecular weight is 251 g/mol. The van der Waals surface area contributed by atoms with Crippen molar-refractivity contribution in [3.05, 3.63) is 23.8 Å². The summed E-state index contributed by atoms with van der Waals surface area (Å²) in [5.41, 5.74) is 1.14. The Labute approximate surface area is 108 Å². The van der Waals surface area contributed by atoms with Crippen molar-refractivity contribution in [3.63, 3.8) is 0 Å². The minimum atomic E-state index is 0.370. The summed E-state index contributed by atoms with van der Waals surface area (Å²) in [6, 6.07) is 5.88. The molecule has 1 aliphatic rings. The van der Waals surface area contributed by atoms with Gasteiger partial charge < -0.3 is 19.5 Å². The van der Waals surface area contributed by atoms with Gasteiger partial charge in [0.25, 0.3) is 0 Å². The molecular weight excluding hydrogens is 230 g/mol. The minimum Gasteiger partial charge on any atom is -0.497 e. The number of hydrogen-bond donors (Lipinski definition) is 1. The van der Waals surface area contributed by atoms with E-state index < -0.39 is 0 Å². The molecule has 1 atom stereocenters. The molecule has 1 aromatic rings. The SMILES string of the molecule is COc1ccc(CNC[C@@H]2CCCO2)c(OC)c1. The van der Waals surface area contributed by atoms with Crippen LogP contribution in [0.3, 0.4) is 0 Å². The van der Waals surface area contributed by atoms with E-state index in [0.717, 1.165) is 43.2 Å². The van der Waals surface area contributed by atoms with E-state index in [2.05, 4.69) is 5.32 Å². The van der Waals surface area contributed by atoms with Crippen molar-refractivity contribution in [1.29, 1.82) is 0 Å². The summed E-state index contributed by atoms with van der Waals surface area (Å²) in [5.74, 6) is 1.67. The fraction of sp³-hybridized carbons (Fsp3) is 0.571. The van der Waals surface area contributed by atoms with Crippen molar-refractivity contribution in [1.82, 2.24) is 5.32 Å². The minimum absolute atomic E-state index is 0.370. The topological polar surface area (TPSA) is 39.7 Å². The van der Waals surface area contributed by atoms with Crippen molar-refractivity contribution < 1.29 is 14.2 Å². The fourth-order valence-electron chi connectivity index (χ4n) is 2.17. The summed E-state index contributed by atoms with van der Waals surface area (Å²) in [5, 5.41) is 3.41. The summed E-state index contributed by atoms with van der Waals surface area (Å²) in [4.78, 5) is 0. The van der Waals surface area contributed by atoms with Gasteiger partial charge in [-0.15, -0.1) is 0 Å². The Hall–Kier alpha value is -1.26. The van der Waals surface area contributed by atoms with Gasteiger partial charge >= 0.3 is 0 Å². The Bertz CT molecular complexity index is 375. The molecule has 0 saturated carbocycles. The quantitative estimate of drug-likeness (QED) is 0.839. The van der Waals surface area contributed by atoms with Crippen LogP contribution >= 0.6 is 0 Å². The number of nitrogens with one attached hydrogen (secondary N) is 1. The lowest BCUT2D eigenvalue weighted by Crippen LogP contribution is -2.25. The van der Waals surface area contributed by atoms with Gasteiger partial charge in [0.2, 0.25) is 0 Å². The molecule has 1 saturated heterocycles. The largest absolute Gasteiger partial charge is 0.497 e. The standard InChI is InChI=1S/C14H21NO3/c1-16-12-6-5-11(14(8-12)17-2)9-15-10-13-4-3-7-18-13/h5-6,8,13,15H,3-4,7,9-10H2,1-2H3/t13-/m0/s1. The number of benzene rings is 1. The molecule has 0 aliphatic carbocycles. The zero-order chi connectivity index (χ0) is 12.8. The Balaban J connectivity index is 1.87. The molecular formula is C14H21NO3. The maximum absolute atomic E-state index is 5.57. The molecule has 2 rings (SSSR count). The molecule has 18 heavy (non-hydrogen) atoms. The Morgan fingerprint density at radius 3 is 2.89 bits per heavy atom. The van der Waals surface area contributed by atoms with Gasteiger partial charge in [0.1, 0.15) is 11.5 Å². The van der Waals surface area contributed by atoms with Gasteiger partial charge in [0, 0.05) is 31.3 Å². The summed E-state index contributed by atoms with van der Waals surface area (Å²) < 4.78 is 16.1. The Morgan fingerprint density at radius 1 is 1.33 bits per heavy atom. The van der Waals surface area contributed by atoms with Crippen molar-refractivity contribution in [2.24, 2.45) is 0 Å². The normalized spacial score (nSPS) is 18.9. The highest BCUT2D eigenvalue weighted by molar-refractivity contribution is 5.40. The van der Waals surface area contributed by atoms with Crippen molar-refractivity contribution in [3.8, 4) is 11.5 Å². The fourth-order valence-corrected chi connectivity index (χ4v) is 2.17. The van der Waals surface area contributed by atoms with E-state index in [1.54, 1.807) is 14.2 Å². The highest BCUT2D eigenvalue weighted by Gasteiger charge is 2.14. The van der Waals surface area contributed by atoms with E-state index in [-0.39, 0.29) is 0 Å². The molecule has 0 bridgehead atoms. The average Bonchev–Trinajstić information content (AvgIpc) is 2.92. The van der Waals surface area contributed by atoms with Crippen molar-refractivity contribution >= 4 is 0 Å². The van der Waals surface area contributed by atoms with Gasteiger partial charge in [-0.3, -0.25) is 0 Å². The van der Waals surface area contributed by atoms with Crippen LogP contribution in [0.15, 0.2) is 18.2 Å². The Kier molecular flexibility index (Phi) is 4.84. The molecule has 0 unspecified atom stereocenters. The van der Waals surface area contributed by atoms with E-state index >= 15 is 0 Å². The first-order chi connectivity index (χ1) is 8.83. The highest BCUT2D eigenvalue weighted by atomic mass is 16.5. The molecule has 1 heterocycles. The molecule has 0 amide bonds. The zero-order valence-electron chi connectivity index (χ0n) is 11.1. The van der Waals surface area contributed by atoms with E-state index in [4.69, 9.17) is 14.2 Å². The first kappa shape index (κ1) is 13.2. The molecule has 1 N–H and O–H groups in total. The van der Waals surface area contributed by atoms with Crippen LogP contribution in [-0.4, -0.2) is 33.5 Å². The molecule has 1 aliphatic heterocycles. The lowest BCUT2D eigenvalue weighted by Gasteiger charge is -2.13. The monoisotopic (exact) mass is 251 g/mol. The molecule has 1 aromatic carbocycles. The van der Waals surface area contributed by atoms with Crippen LogP contribution in [0.1, 0.15) is 18.4 Å². The maximum atomic E-state index is 5.57. The highest BCUT2D eigenvalue weighted by Crippen LogP contribution is 2.24. The predicted octanol–water partition coefficient (Wildman–Crippen LogP) is 1.97. The number of methoxy groups -OCH3 is 2. The number of rotatable bonds is 6. The first-order valence-electron chi connectivity index (χ1n) is 6.36. The van der Waals surface area contributed by atoms with Crippen LogP contribution in [0.5, 0.6) is 11.5 Å². The smallest absolute Gasteiger partial charge is 0.127 e. The van der Waals surface area contributed by atoms with Crippen LogP contribution in [0, 0.1) is 0 Å². The van der Waals surface area contributed by atoms with E-state index in [9.17, 15) is 0 Å². The van der Waals surface area contributed by atoms with Gasteiger partial charge in [-0.1, -0.05) is 6.07 Å². The summed E-state index contributed by atoms with van der Waals surface area (Å²) >= 11 is 0. The second-order valence-corrected chi connectivity index (χ2v) is 4.44. The van der Waals surface area contributed by atoms with E-state index in [1.807, 2.05) is 18.2 Å². The van der Waals surface area contributed by atoms with Crippen LogP contribution in [0.25, 0.3) is 0 Å². The predicted molar refractivity (Wildman–Crippen MR) is 70.2 cm³/mol. The van der Waals surface area contributed by atoms with Gasteiger partial charge in [0.15, 0.2) is 0 Å². The third kappa shape index (κ3) is 3.37. The zero-order valence-corrected chi connectivity index (χ0v) is 11.1. The summed E-state index contributed by atoms with van der Waals surface area (Å²) in [7, 11) is 3.34. The van der Waals surface area contributed by atoms with Crippen LogP contribution in [0.4, 0.5) is 0 Å². The van der Waals surface area contributed by atoms with Gasteiger partial charge in [-0.05, 0) is 18.9 Å². The first-order valence-corrected chi connectivity index (χ1v) is 6.36. The van der Waals surface area contributed by atoms with Crippen LogP contribution < -0.4 is 14.8 Å². The van der Waals surface area contributed by atoms with Crippen molar-refractivity contribution in [2.45, 2.75) is 25.5 Å². The number of hydrogen-bond acceptors (Lipinski definition) is 4. The lowest BCUT2D eigenvalue weighted by atomic mass is 10.2. The third-order valence-corrected chi connectivity index (χ3v) is 3.21. The van der Waals surface area contributed by atoms with Gasteiger partial charge in [0.05, 0.1) is 20.3 Å². The molecule has 1 fully saturated rings.